The SMILES string of the molecule is CCCCC(CC)CC(O)c1ccc(C(C)(C)C)cc1. The Morgan fingerprint density at radius 3 is 2.10 bits per heavy atom. The van der Waals surface area contributed by atoms with E-state index in [1.165, 1.54) is 24.8 Å². The van der Waals surface area contributed by atoms with Crippen molar-refractivity contribution in [2.45, 2.75) is 78.2 Å². The Labute approximate surface area is 125 Å². The van der Waals surface area contributed by atoms with Crippen molar-refractivity contribution in [1.29, 1.82) is 0 Å². The third-order valence-electron chi connectivity index (χ3n) is 4.26. The zero-order valence-electron chi connectivity index (χ0n) is 13.9. The summed E-state index contributed by atoms with van der Waals surface area (Å²) in [5, 5.41) is 10.4. The minimum Gasteiger partial charge on any atom is -0.388 e. The van der Waals surface area contributed by atoms with Crippen LogP contribution in [0.4, 0.5) is 0 Å². The van der Waals surface area contributed by atoms with Crippen LogP contribution in [-0.2, 0) is 5.41 Å². The third kappa shape index (κ3) is 5.28. The van der Waals surface area contributed by atoms with Gasteiger partial charge in [0, 0.05) is 0 Å². The second kappa shape index (κ2) is 7.83. The van der Waals surface area contributed by atoms with Crippen LogP contribution in [0.15, 0.2) is 24.3 Å². The van der Waals surface area contributed by atoms with E-state index in [-0.39, 0.29) is 11.5 Å². The van der Waals surface area contributed by atoms with Gasteiger partial charge < -0.3 is 5.11 Å². The molecule has 1 N–H and O–H groups in total. The quantitative estimate of drug-likeness (QED) is 0.685. The van der Waals surface area contributed by atoms with Gasteiger partial charge in [0.2, 0.25) is 0 Å². The second-order valence-electron chi connectivity index (χ2n) is 7.04. The Balaban J connectivity index is 2.65. The van der Waals surface area contributed by atoms with Gasteiger partial charge in [0.25, 0.3) is 0 Å². The average Bonchev–Trinajstić information content (AvgIpc) is 2.42. The molecule has 1 heteroatoms. The Morgan fingerprint density at radius 2 is 1.65 bits per heavy atom. The van der Waals surface area contributed by atoms with Crippen LogP contribution >= 0.6 is 0 Å². The van der Waals surface area contributed by atoms with Crippen molar-refractivity contribution in [3.05, 3.63) is 35.4 Å². The zero-order valence-corrected chi connectivity index (χ0v) is 13.9. The first-order valence-corrected chi connectivity index (χ1v) is 8.17. The van der Waals surface area contributed by atoms with Crippen molar-refractivity contribution in [3.63, 3.8) is 0 Å². The van der Waals surface area contributed by atoms with Crippen LogP contribution in [0.5, 0.6) is 0 Å². The molecule has 0 bridgehead atoms. The van der Waals surface area contributed by atoms with Gasteiger partial charge in [-0.1, -0.05) is 84.6 Å². The Kier molecular flexibility index (Phi) is 6.75. The van der Waals surface area contributed by atoms with E-state index in [1.807, 2.05) is 0 Å². The van der Waals surface area contributed by atoms with Crippen LogP contribution < -0.4 is 0 Å². The molecule has 0 aromatic heterocycles. The molecule has 2 atom stereocenters. The lowest BCUT2D eigenvalue weighted by molar-refractivity contribution is 0.139. The fourth-order valence-electron chi connectivity index (χ4n) is 2.64. The fraction of sp³-hybridized carbons (Fsp3) is 0.684. The first-order chi connectivity index (χ1) is 9.38. The van der Waals surface area contributed by atoms with Crippen molar-refractivity contribution in [2.24, 2.45) is 5.92 Å². The lowest BCUT2D eigenvalue weighted by Crippen LogP contribution is -2.11. The Bertz CT molecular complexity index is 372. The molecule has 1 rings (SSSR count). The normalized spacial score (nSPS) is 15.1. The standard InChI is InChI=1S/C19H32O/c1-6-8-9-15(7-2)14-18(20)16-10-12-17(13-11-16)19(3,4)5/h10-13,15,18,20H,6-9,14H2,1-5H3. The number of unbranched alkanes of at least 4 members (excludes halogenated alkanes) is 1. The number of hydrogen-bond acceptors (Lipinski definition) is 1. The molecule has 0 aliphatic rings. The van der Waals surface area contributed by atoms with Crippen molar-refractivity contribution >= 4 is 0 Å². The van der Waals surface area contributed by atoms with Gasteiger partial charge in [-0.2, -0.15) is 0 Å². The van der Waals surface area contributed by atoms with E-state index in [1.54, 1.807) is 0 Å². The summed E-state index contributed by atoms with van der Waals surface area (Å²) >= 11 is 0. The molecule has 1 nitrogen and oxygen atoms in total. The fourth-order valence-corrected chi connectivity index (χ4v) is 2.64. The van der Waals surface area contributed by atoms with Gasteiger partial charge >= 0.3 is 0 Å². The molecule has 0 saturated carbocycles. The van der Waals surface area contributed by atoms with E-state index in [0.717, 1.165) is 18.4 Å². The summed E-state index contributed by atoms with van der Waals surface area (Å²) in [6.07, 6.45) is 5.50. The van der Waals surface area contributed by atoms with Gasteiger partial charge in [-0.25, -0.2) is 0 Å². The molecule has 1 aromatic rings. The molecule has 0 heterocycles. The van der Waals surface area contributed by atoms with Gasteiger partial charge in [-0.15, -0.1) is 0 Å². The maximum atomic E-state index is 10.4. The molecule has 0 spiro atoms. The first kappa shape index (κ1) is 17.2. The predicted octanol–water partition coefficient (Wildman–Crippen LogP) is 5.62. The number of benzene rings is 1. The highest BCUT2D eigenvalue weighted by atomic mass is 16.3. The molecule has 2 unspecified atom stereocenters. The highest BCUT2D eigenvalue weighted by molar-refractivity contribution is 5.28. The van der Waals surface area contributed by atoms with Gasteiger partial charge in [-0.3, -0.25) is 0 Å². The smallest absolute Gasteiger partial charge is 0.0792 e. The molecule has 0 saturated heterocycles. The van der Waals surface area contributed by atoms with E-state index in [0.29, 0.717) is 5.92 Å². The van der Waals surface area contributed by atoms with Crippen molar-refractivity contribution in [3.8, 4) is 0 Å². The number of aliphatic hydroxyl groups is 1. The van der Waals surface area contributed by atoms with Crippen molar-refractivity contribution in [1.82, 2.24) is 0 Å². The van der Waals surface area contributed by atoms with Crippen LogP contribution in [0.3, 0.4) is 0 Å². The summed E-state index contributed by atoms with van der Waals surface area (Å²) in [5.74, 6) is 0.646. The molecule has 0 amide bonds. The third-order valence-corrected chi connectivity index (χ3v) is 4.26. The van der Waals surface area contributed by atoms with Crippen LogP contribution in [-0.4, -0.2) is 5.11 Å². The monoisotopic (exact) mass is 276 g/mol. The van der Waals surface area contributed by atoms with Crippen LogP contribution in [0.1, 0.15) is 84.0 Å². The largest absolute Gasteiger partial charge is 0.388 e. The van der Waals surface area contributed by atoms with Crippen LogP contribution in [0.2, 0.25) is 0 Å². The average molecular weight is 276 g/mol. The van der Waals surface area contributed by atoms with Gasteiger partial charge in [0.05, 0.1) is 6.10 Å². The molecule has 0 radical (unpaired) electrons. The minimum atomic E-state index is -0.314. The molecule has 1 aromatic carbocycles. The molecule has 0 aliphatic heterocycles. The van der Waals surface area contributed by atoms with E-state index < -0.39 is 0 Å². The first-order valence-electron chi connectivity index (χ1n) is 8.17. The highest BCUT2D eigenvalue weighted by Gasteiger charge is 2.17. The van der Waals surface area contributed by atoms with Crippen molar-refractivity contribution in [2.75, 3.05) is 0 Å². The minimum absolute atomic E-state index is 0.177. The molecule has 20 heavy (non-hydrogen) atoms. The van der Waals surface area contributed by atoms with E-state index in [2.05, 4.69) is 58.9 Å². The highest BCUT2D eigenvalue weighted by Crippen LogP contribution is 2.28. The maximum Gasteiger partial charge on any atom is 0.0792 e. The van der Waals surface area contributed by atoms with Crippen LogP contribution in [0, 0.1) is 5.92 Å². The van der Waals surface area contributed by atoms with E-state index in [9.17, 15) is 5.11 Å². The molecule has 114 valence electrons. The van der Waals surface area contributed by atoms with E-state index >= 15 is 0 Å². The maximum absolute atomic E-state index is 10.4. The summed E-state index contributed by atoms with van der Waals surface area (Å²) in [6, 6.07) is 8.51. The number of aliphatic hydroxyl groups excluding tert-OH is 1. The summed E-state index contributed by atoms with van der Waals surface area (Å²) in [6.45, 7) is 11.1. The van der Waals surface area contributed by atoms with Gasteiger partial charge in [0.1, 0.15) is 0 Å². The van der Waals surface area contributed by atoms with Crippen LogP contribution in [0.25, 0.3) is 0 Å². The van der Waals surface area contributed by atoms with Gasteiger partial charge in [-0.05, 0) is 28.9 Å². The van der Waals surface area contributed by atoms with Gasteiger partial charge in [0.15, 0.2) is 0 Å². The lowest BCUT2D eigenvalue weighted by atomic mass is 9.85. The molecule has 0 aliphatic carbocycles. The van der Waals surface area contributed by atoms with Crippen molar-refractivity contribution < 1.29 is 5.11 Å². The van der Waals surface area contributed by atoms with E-state index in [4.69, 9.17) is 0 Å². The topological polar surface area (TPSA) is 20.2 Å². The summed E-state index contributed by atoms with van der Waals surface area (Å²) in [7, 11) is 0. The molecular weight excluding hydrogens is 244 g/mol. The lowest BCUT2D eigenvalue weighted by Gasteiger charge is -2.22. The molecule has 0 fully saturated rings. The second-order valence-corrected chi connectivity index (χ2v) is 7.04. The zero-order chi connectivity index (χ0) is 15.2. The summed E-state index contributed by atoms with van der Waals surface area (Å²) in [5.41, 5.74) is 2.57. The number of rotatable bonds is 7. The summed E-state index contributed by atoms with van der Waals surface area (Å²) in [4.78, 5) is 0. The molecular formula is C19H32O. The Hall–Kier alpha value is -0.820. The predicted molar refractivity (Wildman–Crippen MR) is 88.0 cm³/mol. The Morgan fingerprint density at radius 1 is 1.05 bits per heavy atom. The number of hydrogen-bond donors (Lipinski definition) is 1. The summed E-state index contributed by atoms with van der Waals surface area (Å²) < 4.78 is 0.